The maximum absolute atomic E-state index is 9.00. The van der Waals surface area contributed by atoms with Gasteiger partial charge in [0.25, 0.3) is 0 Å². The smallest absolute Gasteiger partial charge is 0.0558 e. The van der Waals surface area contributed by atoms with Gasteiger partial charge in [-0.25, -0.2) is 0 Å². The van der Waals surface area contributed by atoms with E-state index in [0.29, 0.717) is 0 Å². The number of aryl methyl sites for hydroxylation is 1. The van der Waals surface area contributed by atoms with Crippen LogP contribution in [0.2, 0.25) is 0 Å². The first kappa shape index (κ1) is 14.1. The third kappa shape index (κ3) is 3.22. The Morgan fingerprint density at radius 2 is 1.80 bits per heavy atom. The van der Waals surface area contributed by atoms with Gasteiger partial charge in [-0.3, -0.25) is 4.90 Å². The van der Waals surface area contributed by atoms with Gasteiger partial charge in [0.15, 0.2) is 0 Å². The molecule has 3 nitrogen and oxygen atoms in total. The van der Waals surface area contributed by atoms with Crippen LogP contribution in [-0.4, -0.2) is 60.8 Å². The van der Waals surface area contributed by atoms with E-state index in [2.05, 4.69) is 34.1 Å². The Bertz CT molecular complexity index is 427. The monoisotopic (exact) mass is 274 g/mol. The molecule has 1 aromatic rings. The fraction of sp³-hybridized carbons (Fsp3) is 0.647. The van der Waals surface area contributed by atoms with Gasteiger partial charge in [0.05, 0.1) is 6.61 Å². The molecule has 0 aromatic heterocycles. The standard InChI is InChI=1S/C17H26N2O/c20-13-12-18-8-10-19(11-9-18)14-16-6-3-5-15-4-1-2-7-17(15)16/h1-2,4,7,16,20H,3,5-6,8-14H2. The summed E-state index contributed by atoms with van der Waals surface area (Å²) in [6.45, 7) is 6.85. The number of rotatable bonds is 4. The highest BCUT2D eigenvalue weighted by Gasteiger charge is 2.24. The molecule has 1 saturated heterocycles. The normalized spacial score (nSPS) is 24.6. The van der Waals surface area contributed by atoms with Gasteiger partial charge in [-0.15, -0.1) is 0 Å². The highest BCUT2D eigenvalue weighted by Crippen LogP contribution is 2.32. The summed E-state index contributed by atoms with van der Waals surface area (Å²) in [5, 5.41) is 9.00. The van der Waals surface area contributed by atoms with Crippen molar-refractivity contribution in [3.63, 3.8) is 0 Å². The van der Waals surface area contributed by atoms with Crippen LogP contribution < -0.4 is 0 Å². The van der Waals surface area contributed by atoms with Crippen LogP contribution >= 0.6 is 0 Å². The van der Waals surface area contributed by atoms with E-state index in [1.807, 2.05) is 0 Å². The second-order valence-electron chi connectivity index (χ2n) is 6.15. The van der Waals surface area contributed by atoms with Gasteiger partial charge in [-0.1, -0.05) is 24.3 Å². The van der Waals surface area contributed by atoms with Crippen LogP contribution in [0, 0.1) is 0 Å². The van der Waals surface area contributed by atoms with E-state index in [-0.39, 0.29) is 6.61 Å². The average Bonchev–Trinajstić information content (AvgIpc) is 2.50. The summed E-state index contributed by atoms with van der Waals surface area (Å²) in [5.41, 5.74) is 3.17. The lowest BCUT2D eigenvalue weighted by atomic mass is 9.82. The molecule has 0 saturated carbocycles. The van der Waals surface area contributed by atoms with Crippen molar-refractivity contribution in [1.29, 1.82) is 0 Å². The number of piperazine rings is 1. The fourth-order valence-corrected chi connectivity index (χ4v) is 3.69. The zero-order valence-corrected chi connectivity index (χ0v) is 12.3. The summed E-state index contributed by atoms with van der Waals surface area (Å²) in [6.07, 6.45) is 3.94. The molecule has 1 heterocycles. The summed E-state index contributed by atoms with van der Waals surface area (Å²) < 4.78 is 0. The Labute approximate surface area is 122 Å². The molecule has 0 spiro atoms. The Morgan fingerprint density at radius 3 is 2.60 bits per heavy atom. The molecule has 0 bridgehead atoms. The van der Waals surface area contributed by atoms with Crippen molar-refractivity contribution in [2.24, 2.45) is 0 Å². The zero-order chi connectivity index (χ0) is 13.8. The number of hydrogen-bond acceptors (Lipinski definition) is 3. The first-order valence-electron chi connectivity index (χ1n) is 8.00. The Balaban J connectivity index is 1.57. The van der Waals surface area contributed by atoms with E-state index in [9.17, 15) is 0 Å². The van der Waals surface area contributed by atoms with Crippen molar-refractivity contribution in [2.75, 3.05) is 45.9 Å². The van der Waals surface area contributed by atoms with E-state index in [0.717, 1.165) is 38.6 Å². The molecule has 0 radical (unpaired) electrons. The minimum absolute atomic E-state index is 0.288. The third-order valence-corrected chi connectivity index (χ3v) is 4.85. The summed E-state index contributed by atoms with van der Waals surface area (Å²) in [5.74, 6) is 0.726. The maximum atomic E-state index is 9.00. The minimum atomic E-state index is 0.288. The molecule has 1 atom stereocenters. The van der Waals surface area contributed by atoms with Crippen molar-refractivity contribution in [3.8, 4) is 0 Å². The number of fused-ring (bicyclic) bond motifs is 1. The van der Waals surface area contributed by atoms with Crippen molar-refractivity contribution < 1.29 is 5.11 Å². The Hall–Kier alpha value is -0.900. The van der Waals surface area contributed by atoms with E-state index >= 15 is 0 Å². The first-order valence-corrected chi connectivity index (χ1v) is 8.00. The van der Waals surface area contributed by atoms with Gasteiger partial charge in [0.1, 0.15) is 0 Å². The van der Waals surface area contributed by atoms with Gasteiger partial charge < -0.3 is 10.0 Å². The maximum Gasteiger partial charge on any atom is 0.0558 e. The van der Waals surface area contributed by atoms with Gasteiger partial charge in [0.2, 0.25) is 0 Å². The van der Waals surface area contributed by atoms with Crippen LogP contribution in [0.25, 0.3) is 0 Å². The fourth-order valence-electron chi connectivity index (χ4n) is 3.69. The predicted molar refractivity (Wildman–Crippen MR) is 82.1 cm³/mol. The molecule has 1 unspecified atom stereocenters. The number of aliphatic hydroxyl groups is 1. The number of benzene rings is 1. The van der Waals surface area contributed by atoms with Gasteiger partial charge in [-0.05, 0) is 36.3 Å². The first-order chi connectivity index (χ1) is 9.86. The molecule has 1 aliphatic heterocycles. The third-order valence-electron chi connectivity index (χ3n) is 4.85. The van der Waals surface area contributed by atoms with Crippen LogP contribution in [-0.2, 0) is 6.42 Å². The largest absolute Gasteiger partial charge is 0.395 e. The van der Waals surface area contributed by atoms with E-state index in [1.165, 1.54) is 25.8 Å². The number of aliphatic hydroxyl groups excluding tert-OH is 1. The molecule has 20 heavy (non-hydrogen) atoms. The van der Waals surface area contributed by atoms with E-state index in [4.69, 9.17) is 5.11 Å². The second kappa shape index (κ2) is 6.70. The van der Waals surface area contributed by atoms with Crippen LogP contribution in [0.4, 0.5) is 0 Å². The Kier molecular flexibility index (Phi) is 4.71. The van der Waals surface area contributed by atoms with Crippen LogP contribution in [0.1, 0.15) is 29.9 Å². The summed E-state index contributed by atoms with van der Waals surface area (Å²) in [4.78, 5) is 4.98. The molecule has 3 rings (SSSR count). The summed E-state index contributed by atoms with van der Waals surface area (Å²) in [6, 6.07) is 9.01. The molecule has 0 amide bonds. The lowest BCUT2D eigenvalue weighted by Crippen LogP contribution is -2.48. The van der Waals surface area contributed by atoms with E-state index < -0.39 is 0 Å². The van der Waals surface area contributed by atoms with Crippen LogP contribution in [0.5, 0.6) is 0 Å². The molecule has 1 fully saturated rings. The van der Waals surface area contributed by atoms with Gasteiger partial charge in [0, 0.05) is 39.3 Å². The number of nitrogens with zero attached hydrogens (tertiary/aromatic N) is 2. The molecule has 110 valence electrons. The highest BCUT2D eigenvalue weighted by atomic mass is 16.3. The molecule has 3 heteroatoms. The van der Waals surface area contributed by atoms with E-state index in [1.54, 1.807) is 11.1 Å². The summed E-state index contributed by atoms with van der Waals surface area (Å²) >= 11 is 0. The molecule has 1 aliphatic carbocycles. The molecule has 1 N–H and O–H groups in total. The topological polar surface area (TPSA) is 26.7 Å². The minimum Gasteiger partial charge on any atom is -0.395 e. The zero-order valence-electron chi connectivity index (χ0n) is 12.3. The van der Waals surface area contributed by atoms with Crippen LogP contribution in [0.15, 0.2) is 24.3 Å². The molecular weight excluding hydrogens is 248 g/mol. The number of β-amino-alcohol motifs (C(OH)–C–C–N with tert-alkyl or cyclic N) is 1. The summed E-state index contributed by atoms with van der Waals surface area (Å²) in [7, 11) is 0. The van der Waals surface area contributed by atoms with Crippen molar-refractivity contribution in [3.05, 3.63) is 35.4 Å². The molecular formula is C17H26N2O. The molecule has 1 aromatic carbocycles. The predicted octanol–water partition coefficient (Wildman–Crippen LogP) is 1.72. The quantitative estimate of drug-likeness (QED) is 0.905. The average molecular weight is 274 g/mol. The highest BCUT2D eigenvalue weighted by molar-refractivity contribution is 5.32. The van der Waals surface area contributed by atoms with Gasteiger partial charge >= 0.3 is 0 Å². The SMILES string of the molecule is OCCN1CCN(CC2CCCc3ccccc32)CC1. The second-order valence-corrected chi connectivity index (χ2v) is 6.15. The molecule has 2 aliphatic rings. The van der Waals surface area contributed by atoms with Crippen molar-refractivity contribution in [2.45, 2.75) is 25.2 Å². The number of hydrogen-bond donors (Lipinski definition) is 1. The lowest BCUT2D eigenvalue weighted by Gasteiger charge is -2.37. The van der Waals surface area contributed by atoms with Gasteiger partial charge in [-0.2, -0.15) is 0 Å². The lowest BCUT2D eigenvalue weighted by molar-refractivity contribution is 0.107. The Morgan fingerprint density at radius 1 is 1.05 bits per heavy atom. The van der Waals surface area contributed by atoms with Crippen molar-refractivity contribution in [1.82, 2.24) is 9.80 Å². The van der Waals surface area contributed by atoms with Crippen molar-refractivity contribution >= 4 is 0 Å². The van der Waals surface area contributed by atoms with Crippen LogP contribution in [0.3, 0.4) is 0 Å².